The molecule has 2 N–H and O–H groups in total. The van der Waals surface area contributed by atoms with Gasteiger partial charge in [-0.15, -0.1) is 0 Å². The second-order valence-electron chi connectivity index (χ2n) is 1.89. The smallest absolute Gasteiger partial charge is 0.0174 e. The van der Waals surface area contributed by atoms with Gasteiger partial charge in [-0.25, -0.2) is 0 Å². The first-order valence-electron chi connectivity index (χ1n) is 3.08. The molecule has 0 atom stereocenters. The van der Waals surface area contributed by atoms with Gasteiger partial charge in [0.2, 0.25) is 0 Å². The summed E-state index contributed by atoms with van der Waals surface area (Å²) >= 11 is 3.34. The zero-order chi connectivity index (χ0) is 7.98. The van der Waals surface area contributed by atoms with E-state index in [0.29, 0.717) is 6.54 Å². The third kappa shape index (κ3) is 4.53. The Morgan fingerprint density at radius 2 is 2.30 bits per heavy atom. The summed E-state index contributed by atoms with van der Waals surface area (Å²) in [6, 6.07) is 0. The van der Waals surface area contributed by atoms with Crippen molar-refractivity contribution >= 4 is 15.9 Å². The monoisotopic (exact) mass is 201 g/mol. The first-order chi connectivity index (χ1) is 4.70. The van der Waals surface area contributed by atoms with Gasteiger partial charge in [-0.2, -0.15) is 0 Å². The van der Waals surface area contributed by atoms with Gasteiger partial charge in [-0.1, -0.05) is 34.7 Å². The predicted octanol–water partition coefficient (Wildman–Crippen LogP) is 2.36. The van der Waals surface area contributed by atoms with Crippen LogP contribution in [-0.4, -0.2) is 6.54 Å². The van der Waals surface area contributed by atoms with Crippen LogP contribution in [0, 0.1) is 0 Å². The highest BCUT2D eigenvalue weighted by Crippen LogP contribution is 2.08. The quantitative estimate of drug-likeness (QED) is 0.698. The molecule has 0 radical (unpaired) electrons. The lowest BCUT2D eigenvalue weighted by Crippen LogP contribution is -1.99. The minimum atomic E-state index is 0.507. The van der Waals surface area contributed by atoms with Crippen LogP contribution in [0.4, 0.5) is 0 Å². The fourth-order valence-corrected chi connectivity index (χ4v) is 1.05. The van der Waals surface area contributed by atoms with E-state index in [1.54, 1.807) is 0 Å². The molecule has 0 bridgehead atoms. The molecule has 0 aromatic heterocycles. The second-order valence-corrected chi connectivity index (χ2v) is 2.81. The van der Waals surface area contributed by atoms with Gasteiger partial charge in [0.1, 0.15) is 0 Å². The molecule has 0 heterocycles. The van der Waals surface area contributed by atoms with E-state index in [2.05, 4.69) is 22.5 Å². The van der Waals surface area contributed by atoms with E-state index >= 15 is 0 Å². The Labute approximate surface area is 70.4 Å². The van der Waals surface area contributed by atoms with Crippen LogP contribution in [0.2, 0.25) is 0 Å². The van der Waals surface area contributed by atoms with Crippen molar-refractivity contribution in [3.63, 3.8) is 0 Å². The molecule has 56 valence electrons. The largest absolute Gasteiger partial charge is 0.327 e. The van der Waals surface area contributed by atoms with Crippen molar-refractivity contribution in [3.8, 4) is 0 Å². The Balaban J connectivity index is 4.02. The van der Waals surface area contributed by atoms with E-state index in [1.165, 1.54) is 0 Å². The molecule has 0 unspecified atom stereocenters. The molecule has 0 amide bonds. The van der Waals surface area contributed by atoms with Gasteiger partial charge >= 0.3 is 0 Å². The van der Waals surface area contributed by atoms with Gasteiger partial charge in [0.25, 0.3) is 0 Å². The highest BCUT2D eigenvalue weighted by atomic mass is 79.9. The maximum absolute atomic E-state index is 5.33. The molecule has 0 aliphatic rings. The van der Waals surface area contributed by atoms with E-state index in [4.69, 9.17) is 5.73 Å². The first-order valence-corrected chi connectivity index (χ1v) is 3.87. The highest BCUT2D eigenvalue weighted by molar-refractivity contribution is 9.11. The van der Waals surface area contributed by atoms with Crippen LogP contribution >= 0.6 is 15.9 Å². The molecule has 0 saturated carbocycles. The molecule has 0 aromatic carbocycles. The maximum Gasteiger partial charge on any atom is 0.0174 e. The third-order valence-electron chi connectivity index (χ3n) is 0.930. The number of rotatable bonds is 3. The predicted molar refractivity (Wildman–Crippen MR) is 50.0 cm³/mol. The van der Waals surface area contributed by atoms with Crippen LogP contribution < -0.4 is 5.73 Å². The minimum absolute atomic E-state index is 0.507. The fraction of sp³-hybridized carbons (Fsp3) is 0.250. The molecule has 0 saturated heterocycles. The van der Waals surface area contributed by atoms with Crippen molar-refractivity contribution in [2.24, 2.45) is 5.73 Å². The Bertz CT molecular complexity index is 168. The Kier molecular flexibility index (Phi) is 5.26. The molecule has 0 rings (SSSR count). The number of halogens is 1. The van der Waals surface area contributed by atoms with Crippen LogP contribution in [0.25, 0.3) is 0 Å². The van der Waals surface area contributed by atoms with Gasteiger partial charge in [0.15, 0.2) is 0 Å². The molecular formula is C8H12BrN. The van der Waals surface area contributed by atoms with Crippen molar-refractivity contribution in [3.05, 3.63) is 34.9 Å². The molecule has 2 heteroatoms. The summed E-state index contributed by atoms with van der Waals surface area (Å²) in [4.78, 5) is 0. The highest BCUT2D eigenvalue weighted by Gasteiger charge is 1.85. The third-order valence-corrected chi connectivity index (χ3v) is 1.42. The average molecular weight is 202 g/mol. The van der Waals surface area contributed by atoms with Crippen molar-refractivity contribution in [2.75, 3.05) is 6.54 Å². The average Bonchev–Trinajstić information content (AvgIpc) is 1.88. The molecule has 0 aromatic rings. The molecule has 0 spiro atoms. The van der Waals surface area contributed by atoms with E-state index in [0.717, 1.165) is 10.1 Å². The summed E-state index contributed by atoms with van der Waals surface area (Å²) in [6.07, 6.45) is 5.80. The van der Waals surface area contributed by atoms with E-state index < -0.39 is 0 Å². The van der Waals surface area contributed by atoms with Crippen LogP contribution in [0.1, 0.15) is 6.92 Å². The van der Waals surface area contributed by atoms with E-state index in [9.17, 15) is 0 Å². The number of hydrogen-bond donors (Lipinski definition) is 1. The van der Waals surface area contributed by atoms with Gasteiger partial charge in [-0.05, 0) is 18.6 Å². The summed E-state index contributed by atoms with van der Waals surface area (Å²) in [5.41, 5.74) is 6.25. The van der Waals surface area contributed by atoms with Crippen LogP contribution in [0.5, 0.6) is 0 Å². The Hall–Kier alpha value is -0.340. The molecule has 0 fully saturated rings. The lowest BCUT2D eigenvalue weighted by Gasteiger charge is -1.92. The van der Waals surface area contributed by atoms with Crippen LogP contribution in [0.3, 0.4) is 0 Å². The number of hydrogen-bond acceptors (Lipinski definition) is 1. The van der Waals surface area contributed by atoms with Crippen molar-refractivity contribution in [1.29, 1.82) is 0 Å². The van der Waals surface area contributed by atoms with Crippen molar-refractivity contribution < 1.29 is 0 Å². The number of allylic oxidation sites excluding steroid dienone is 3. The van der Waals surface area contributed by atoms with Gasteiger partial charge in [0, 0.05) is 11.0 Å². The molecule has 10 heavy (non-hydrogen) atoms. The van der Waals surface area contributed by atoms with E-state index in [-0.39, 0.29) is 0 Å². The summed E-state index contributed by atoms with van der Waals surface area (Å²) in [5, 5.41) is 0. The molecule has 0 aliphatic carbocycles. The SMILES string of the molecule is C=C(/C=C(Br)\C=C/C)CN. The summed E-state index contributed by atoms with van der Waals surface area (Å²) in [6.45, 7) is 6.20. The van der Waals surface area contributed by atoms with Gasteiger partial charge in [-0.3, -0.25) is 0 Å². The van der Waals surface area contributed by atoms with E-state index in [1.807, 2.05) is 25.2 Å². The molecule has 0 aliphatic heterocycles. The lowest BCUT2D eigenvalue weighted by atomic mass is 10.3. The zero-order valence-electron chi connectivity index (χ0n) is 6.10. The zero-order valence-corrected chi connectivity index (χ0v) is 7.69. The Morgan fingerprint density at radius 3 is 2.70 bits per heavy atom. The van der Waals surface area contributed by atoms with Crippen LogP contribution in [0.15, 0.2) is 34.9 Å². The van der Waals surface area contributed by atoms with Crippen LogP contribution in [-0.2, 0) is 0 Å². The Morgan fingerprint density at radius 1 is 1.70 bits per heavy atom. The summed E-state index contributed by atoms with van der Waals surface area (Å²) < 4.78 is 1.01. The molecule has 1 nitrogen and oxygen atoms in total. The van der Waals surface area contributed by atoms with Crippen molar-refractivity contribution in [1.82, 2.24) is 0 Å². The normalized spacial score (nSPS) is 12.5. The summed E-state index contributed by atoms with van der Waals surface area (Å²) in [7, 11) is 0. The topological polar surface area (TPSA) is 26.0 Å². The second kappa shape index (κ2) is 5.45. The van der Waals surface area contributed by atoms with Gasteiger partial charge in [0.05, 0.1) is 0 Å². The minimum Gasteiger partial charge on any atom is -0.327 e. The fourth-order valence-electron chi connectivity index (χ4n) is 0.461. The summed E-state index contributed by atoms with van der Waals surface area (Å²) in [5.74, 6) is 0. The standard InChI is InChI=1S/C8H12BrN/c1-3-4-8(9)5-7(2)6-10/h3-5H,2,6,10H2,1H3/b4-3-,8-5+. The first kappa shape index (κ1) is 9.66. The van der Waals surface area contributed by atoms with Gasteiger partial charge < -0.3 is 5.73 Å². The lowest BCUT2D eigenvalue weighted by molar-refractivity contribution is 1.20. The van der Waals surface area contributed by atoms with Crippen molar-refractivity contribution in [2.45, 2.75) is 6.92 Å². The maximum atomic E-state index is 5.33. The molecular weight excluding hydrogens is 190 g/mol. The number of nitrogens with two attached hydrogens (primary N) is 1.